The van der Waals surface area contributed by atoms with Crippen LogP contribution in [0.4, 0.5) is 0 Å². The summed E-state index contributed by atoms with van der Waals surface area (Å²) in [5, 5.41) is 12.6. The molecule has 134 valence electrons. The lowest BCUT2D eigenvalue weighted by Gasteiger charge is -2.27. The SMILES string of the molecule is Cc1cccc(OCCC(=O)NC[C@](C)(CO)Cc2ccccc2)c1. The minimum Gasteiger partial charge on any atom is -0.493 e. The van der Waals surface area contributed by atoms with Gasteiger partial charge in [-0.15, -0.1) is 0 Å². The fraction of sp³-hybridized carbons (Fsp3) is 0.381. The average Bonchev–Trinajstić information content (AvgIpc) is 2.61. The molecule has 1 atom stereocenters. The van der Waals surface area contributed by atoms with Gasteiger partial charge in [0, 0.05) is 12.0 Å². The Balaban J connectivity index is 1.75. The molecule has 1 amide bonds. The van der Waals surface area contributed by atoms with Crippen LogP contribution in [0.1, 0.15) is 24.5 Å². The fourth-order valence-electron chi connectivity index (χ4n) is 2.63. The average molecular weight is 341 g/mol. The summed E-state index contributed by atoms with van der Waals surface area (Å²) >= 11 is 0. The van der Waals surface area contributed by atoms with Gasteiger partial charge in [-0.3, -0.25) is 4.79 Å². The van der Waals surface area contributed by atoms with Crippen LogP contribution in [-0.4, -0.2) is 30.8 Å². The number of hydrogen-bond acceptors (Lipinski definition) is 3. The maximum atomic E-state index is 12.0. The first-order valence-electron chi connectivity index (χ1n) is 8.62. The molecule has 0 aliphatic carbocycles. The molecule has 25 heavy (non-hydrogen) atoms. The van der Waals surface area contributed by atoms with Crippen molar-refractivity contribution in [1.82, 2.24) is 5.32 Å². The minimum atomic E-state index is -0.381. The Morgan fingerprint density at radius 2 is 1.92 bits per heavy atom. The summed E-state index contributed by atoms with van der Waals surface area (Å²) in [6, 6.07) is 17.8. The van der Waals surface area contributed by atoms with Gasteiger partial charge in [-0.25, -0.2) is 0 Å². The highest BCUT2D eigenvalue weighted by Gasteiger charge is 2.24. The minimum absolute atomic E-state index is 0.0158. The molecular formula is C21H27NO3. The van der Waals surface area contributed by atoms with Gasteiger partial charge in [-0.2, -0.15) is 0 Å². The molecule has 0 saturated carbocycles. The molecule has 2 rings (SSSR count). The van der Waals surface area contributed by atoms with Crippen molar-refractivity contribution in [3.05, 3.63) is 65.7 Å². The summed E-state index contributed by atoms with van der Waals surface area (Å²) in [5.41, 5.74) is 1.90. The predicted molar refractivity (Wildman–Crippen MR) is 99.6 cm³/mol. The Morgan fingerprint density at radius 3 is 2.60 bits per heavy atom. The Kier molecular flexibility index (Phi) is 7.02. The second kappa shape index (κ2) is 9.23. The summed E-state index contributed by atoms with van der Waals surface area (Å²) in [5.74, 6) is 0.706. The summed E-state index contributed by atoms with van der Waals surface area (Å²) < 4.78 is 5.60. The van der Waals surface area contributed by atoms with Crippen LogP contribution in [0.3, 0.4) is 0 Å². The van der Waals surface area contributed by atoms with Gasteiger partial charge in [0.2, 0.25) is 5.91 Å². The number of aliphatic hydroxyl groups excluding tert-OH is 1. The number of rotatable bonds is 9. The van der Waals surface area contributed by atoms with Crippen molar-refractivity contribution >= 4 is 5.91 Å². The third-order valence-corrected chi connectivity index (χ3v) is 4.16. The lowest BCUT2D eigenvalue weighted by Crippen LogP contribution is -2.39. The Hall–Kier alpha value is -2.33. The second-order valence-corrected chi connectivity index (χ2v) is 6.82. The molecular weight excluding hydrogens is 314 g/mol. The van der Waals surface area contributed by atoms with E-state index in [1.807, 2.05) is 68.4 Å². The normalized spacial score (nSPS) is 13.1. The molecule has 0 saturated heterocycles. The number of ether oxygens (including phenoxy) is 1. The Bertz CT molecular complexity index is 672. The zero-order valence-electron chi connectivity index (χ0n) is 15.0. The number of hydrogen-bond donors (Lipinski definition) is 2. The van der Waals surface area contributed by atoms with E-state index >= 15 is 0 Å². The monoisotopic (exact) mass is 341 g/mol. The molecule has 0 heterocycles. The molecule has 2 N–H and O–H groups in total. The highest BCUT2D eigenvalue weighted by atomic mass is 16.5. The molecule has 4 heteroatoms. The molecule has 0 aromatic heterocycles. The van der Waals surface area contributed by atoms with E-state index in [4.69, 9.17) is 4.74 Å². The zero-order chi connectivity index (χ0) is 18.1. The fourth-order valence-corrected chi connectivity index (χ4v) is 2.63. The van der Waals surface area contributed by atoms with E-state index in [0.717, 1.165) is 16.9 Å². The molecule has 0 unspecified atom stereocenters. The molecule has 0 fully saturated rings. The maximum Gasteiger partial charge on any atom is 0.223 e. The van der Waals surface area contributed by atoms with E-state index in [1.54, 1.807) is 0 Å². The van der Waals surface area contributed by atoms with Crippen LogP contribution in [0.2, 0.25) is 0 Å². The number of carbonyl (C=O) groups is 1. The van der Waals surface area contributed by atoms with Gasteiger partial charge < -0.3 is 15.2 Å². The highest BCUT2D eigenvalue weighted by molar-refractivity contribution is 5.76. The molecule has 2 aromatic rings. The first-order chi connectivity index (χ1) is 12.0. The van der Waals surface area contributed by atoms with Crippen molar-refractivity contribution in [3.8, 4) is 5.75 Å². The first-order valence-corrected chi connectivity index (χ1v) is 8.62. The van der Waals surface area contributed by atoms with Gasteiger partial charge in [-0.05, 0) is 36.6 Å². The van der Waals surface area contributed by atoms with Crippen molar-refractivity contribution in [2.24, 2.45) is 5.41 Å². The number of benzene rings is 2. The molecule has 0 radical (unpaired) electrons. The number of nitrogens with one attached hydrogen (secondary N) is 1. The van der Waals surface area contributed by atoms with Gasteiger partial charge in [0.25, 0.3) is 0 Å². The van der Waals surface area contributed by atoms with Gasteiger partial charge in [-0.1, -0.05) is 49.4 Å². The summed E-state index contributed by atoms with van der Waals surface area (Å²) in [4.78, 5) is 12.0. The molecule has 0 aliphatic heterocycles. The van der Waals surface area contributed by atoms with Crippen LogP contribution in [-0.2, 0) is 11.2 Å². The van der Waals surface area contributed by atoms with E-state index in [1.165, 1.54) is 0 Å². The van der Waals surface area contributed by atoms with E-state index in [0.29, 0.717) is 26.0 Å². The highest BCUT2D eigenvalue weighted by Crippen LogP contribution is 2.21. The second-order valence-electron chi connectivity index (χ2n) is 6.82. The third-order valence-electron chi connectivity index (χ3n) is 4.16. The summed E-state index contributed by atoms with van der Waals surface area (Å²) in [7, 11) is 0. The Labute approximate surface area is 149 Å². The number of aryl methyl sites for hydroxylation is 1. The van der Waals surface area contributed by atoms with Gasteiger partial charge in [0.1, 0.15) is 5.75 Å². The topological polar surface area (TPSA) is 58.6 Å². The number of aliphatic hydroxyl groups is 1. The lowest BCUT2D eigenvalue weighted by atomic mass is 9.84. The number of carbonyl (C=O) groups excluding carboxylic acids is 1. The van der Waals surface area contributed by atoms with Crippen molar-refractivity contribution in [1.29, 1.82) is 0 Å². The van der Waals surface area contributed by atoms with E-state index in [-0.39, 0.29) is 17.9 Å². The smallest absolute Gasteiger partial charge is 0.223 e. The van der Waals surface area contributed by atoms with E-state index in [2.05, 4.69) is 5.32 Å². The standard InChI is InChI=1S/C21H27NO3/c1-17-7-6-10-19(13-17)25-12-11-20(24)22-15-21(2,16-23)14-18-8-4-3-5-9-18/h3-10,13,23H,11-12,14-16H2,1-2H3,(H,22,24)/t21-/m1/s1. The van der Waals surface area contributed by atoms with Crippen molar-refractivity contribution in [3.63, 3.8) is 0 Å². The zero-order valence-corrected chi connectivity index (χ0v) is 15.0. The van der Waals surface area contributed by atoms with Crippen molar-refractivity contribution in [2.45, 2.75) is 26.7 Å². The van der Waals surface area contributed by atoms with Gasteiger partial charge in [0.05, 0.1) is 19.6 Å². The summed E-state index contributed by atoms with van der Waals surface area (Å²) in [6.07, 6.45) is 1.01. The van der Waals surface area contributed by atoms with Crippen LogP contribution >= 0.6 is 0 Å². The molecule has 2 aromatic carbocycles. The van der Waals surface area contributed by atoms with E-state index in [9.17, 15) is 9.90 Å². The van der Waals surface area contributed by atoms with E-state index < -0.39 is 0 Å². The lowest BCUT2D eigenvalue weighted by molar-refractivity contribution is -0.122. The number of amides is 1. The van der Waals surface area contributed by atoms with Gasteiger partial charge >= 0.3 is 0 Å². The molecule has 0 aliphatic rings. The quantitative estimate of drug-likeness (QED) is 0.737. The predicted octanol–water partition coefficient (Wildman–Crippen LogP) is 3.12. The third kappa shape index (κ3) is 6.59. The van der Waals surface area contributed by atoms with Gasteiger partial charge in [0.15, 0.2) is 0 Å². The molecule has 4 nitrogen and oxygen atoms in total. The molecule has 0 bridgehead atoms. The summed E-state index contributed by atoms with van der Waals surface area (Å²) in [6.45, 7) is 4.76. The van der Waals surface area contributed by atoms with Crippen LogP contribution in [0.25, 0.3) is 0 Å². The van der Waals surface area contributed by atoms with Crippen molar-refractivity contribution < 1.29 is 14.6 Å². The van der Waals surface area contributed by atoms with Crippen LogP contribution in [0, 0.1) is 12.3 Å². The molecule has 0 spiro atoms. The van der Waals surface area contributed by atoms with Crippen molar-refractivity contribution in [2.75, 3.05) is 19.8 Å². The Morgan fingerprint density at radius 1 is 1.16 bits per heavy atom. The van der Waals surface area contributed by atoms with Crippen LogP contribution < -0.4 is 10.1 Å². The largest absolute Gasteiger partial charge is 0.493 e. The van der Waals surface area contributed by atoms with Crippen LogP contribution in [0.15, 0.2) is 54.6 Å². The first kappa shape index (κ1) is 19.0. The maximum absolute atomic E-state index is 12.0. The van der Waals surface area contributed by atoms with Crippen LogP contribution in [0.5, 0.6) is 5.75 Å².